The number of carbonyl (C=O) groups excluding carboxylic acids is 1. The number of thiophene rings is 1. The first-order valence-corrected chi connectivity index (χ1v) is 7.63. The van der Waals surface area contributed by atoms with E-state index in [-0.39, 0.29) is 23.9 Å². The summed E-state index contributed by atoms with van der Waals surface area (Å²) in [6, 6.07) is 3.91. The molecular formula is C13H20Cl2N2OS. The molecule has 0 aliphatic carbocycles. The van der Waals surface area contributed by atoms with Crippen LogP contribution in [0, 0.1) is 0 Å². The molecule has 1 fully saturated rings. The molecule has 1 amide bonds. The smallest absolute Gasteiger partial charge is 0.240 e. The van der Waals surface area contributed by atoms with Crippen LogP contribution in [0.4, 0.5) is 0 Å². The Morgan fingerprint density at radius 2 is 2.37 bits per heavy atom. The molecule has 6 heteroatoms. The van der Waals surface area contributed by atoms with Crippen LogP contribution in [0.2, 0.25) is 4.34 Å². The second kappa shape index (κ2) is 7.48. The molecule has 1 unspecified atom stereocenters. The summed E-state index contributed by atoms with van der Waals surface area (Å²) in [4.78, 5) is 13.4. The van der Waals surface area contributed by atoms with Crippen LogP contribution in [0.15, 0.2) is 12.1 Å². The summed E-state index contributed by atoms with van der Waals surface area (Å²) in [7, 11) is 0. The number of carbonyl (C=O) groups is 1. The van der Waals surface area contributed by atoms with Gasteiger partial charge in [-0.1, -0.05) is 18.5 Å². The SMILES string of the molecule is CCC1(C(=O)NCCc2ccc(Cl)s2)CCCN1.Cl. The fraction of sp³-hybridized carbons (Fsp3) is 0.615. The molecule has 1 aromatic rings. The van der Waals surface area contributed by atoms with Gasteiger partial charge in [-0.2, -0.15) is 0 Å². The van der Waals surface area contributed by atoms with Crippen molar-refractivity contribution >= 4 is 41.3 Å². The molecule has 108 valence electrons. The van der Waals surface area contributed by atoms with E-state index in [2.05, 4.69) is 17.6 Å². The lowest BCUT2D eigenvalue weighted by Crippen LogP contribution is -2.53. The van der Waals surface area contributed by atoms with Crippen molar-refractivity contribution < 1.29 is 4.79 Å². The van der Waals surface area contributed by atoms with Crippen LogP contribution in [-0.2, 0) is 11.2 Å². The van der Waals surface area contributed by atoms with Crippen molar-refractivity contribution in [1.82, 2.24) is 10.6 Å². The Morgan fingerprint density at radius 1 is 1.58 bits per heavy atom. The highest BCUT2D eigenvalue weighted by Crippen LogP contribution is 2.23. The van der Waals surface area contributed by atoms with E-state index >= 15 is 0 Å². The molecule has 0 radical (unpaired) electrons. The van der Waals surface area contributed by atoms with Crippen molar-refractivity contribution in [2.24, 2.45) is 0 Å². The van der Waals surface area contributed by atoms with Crippen LogP contribution in [0.5, 0.6) is 0 Å². The van der Waals surface area contributed by atoms with Crippen molar-refractivity contribution in [2.75, 3.05) is 13.1 Å². The molecule has 0 saturated carbocycles. The van der Waals surface area contributed by atoms with Crippen molar-refractivity contribution in [3.8, 4) is 0 Å². The quantitative estimate of drug-likeness (QED) is 0.874. The topological polar surface area (TPSA) is 41.1 Å². The zero-order valence-corrected chi connectivity index (χ0v) is 13.4. The van der Waals surface area contributed by atoms with Gasteiger partial charge in [-0.05, 0) is 44.4 Å². The Bertz CT molecular complexity index is 417. The van der Waals surface area contributed by atoms with Gasteiger partial charge in [-0.3, -0.25) is 4.79 Å². The van der Waals surface area contributed by atoms with Crippen molar-refractivity contribution in [3.05, 3.63) is 21.3 Å². The average molecular weight is 323 g/mol. The van der Waals surface area contributed by atoms with Crippen LogP contribution < -0.4 is 10.6 Å². The lowest BCUT2D eigenvalue weighted by molar-refractivity contribution is -0.127. The normalized spacial score (nSPS) is 22.0. The predicted octanol–water partition coefficient (Wildman–Crippen LogP) is 3.01. The van der Waals surface area contributed by atoms with Gasteiger partial charge in [-0.15, -0.1) is 23.7 Å². The Hall–Kier alpha value is -0.290. The third kappa shape index (κ3) is 4.09. The Kier molecular flexibility index (Phi) is 6.60. The molecule has 2 N–H and O–H groups in total. The minimum absolute atomic E-state index is 0. The van der Waals surface area contributed by atoms with Crippen molar-refractivity contribution in [3.63, 3.8) is 0 Å². The summed E-state index contributed by atoms with van der Waals surface area (Å²) < 4.78 is 0.804. The highest BCUT2D eigenvalue weighted by atomic mass is 35.5. The van der Waals surface area contributed by atoms with Gasteiger partial charge in [-0.25, -0.2) is 0 Å². The minimum atomic E-state index is -0.326. The van der Waals surface area contributed by atoms with Gasteiger partial charge in [0.15, 0.2) is 0 Å². The molecule has 1 aliphatic heterocycles. The van der Waals surface area contributed by atoms with Gasteiger partial charge < -0.3 is 10.6 Å². The molecule has 1 atom stereocenters. The molecular weight excluding hydrogens is 303 g/mol. The first-order chi connectivity index (χ1) is 8.66. The van der Waals surface area contributed by atoms with Crippen molar-refractivity contribution in [1.29, 1.82) is 0 Å². The van der Waals surface area contributed by atoms with Gasteiger partial charge in [0, 0.05) is 11.4 Å². The molecule has 2 rings (SSSR count). The van der Waals surface area contributed by atoms with E-state index in [9.17, 15) is 4.79 Å². The first-order valence-electron chi connectivity index (χ1n) is 6.44. The van der Waals surface area contributed by atoms with Crippen LogP contribution >= 0.6 is 35.3 Å². The van der Waals surface area contributed by atoms with Crippen molar-refractivity contribution in [2.45, 2.75) is 38.1 Å². The van der Waals surface area contributed by atoms with Crippen LogP contribution in [-0.4, -0.2) is 24.5 Å². The molecule has 0 spiro atoms. The van der Waals surface area contributed by atoms with E-state index in [0.717, 1.165) is 36.6 Å². The standard InChI is InChI=1S/C13H19ClN2OS.ClH/c1-2-13(7-3-8-16-13)12(17)15-9-6-10-4-5-11(14)18-10;/h4-5,16H,2-3,6-9H2,1H3,(H,15,17);1H. The van der Waals surface area contributed by atoms with E-state index in [4.69, 9.17) is 11.6 Å². The maximum absolute atomic E-state index is 12.2. The average Bonchev–Trinajstić information content (AvgIpc) is 2.99. The maximum atomic E-state index is 12.2. The number of hydrogen-bond acceptors (Lipinski definition) is 3. The fourth-order valence-electron chi connectivity index (χ4n) is 2.42. The molecule has 3 nitrogen and oxygen atoms in total. The lowest BCUT2D eigenvalue weighted by atomic mass is 9.93. The summed E-state index contributed by atoms with van der Waals surface area (Å²) in [5.74, 6) is 0.144. The molecule has 1 aromatic heterocycles. The first kappa shape index (κ1) is 16.8. The van der Waals surface area contributed by atoms with Gasteiger partial charge in [0.2, 0.25) is 5.91 Å². The molecule has 0 aromatic carbocycles. The molecule has 1 saturated heterocycles. The Labute approximate surface area is 129 Å². The molecule has 1 aliphatic rings. The Balaban J connectivity index is 0.00000180. The van der Waals surface area contributed by atoms with Gasteiger partial charge in [0.25, 0.3) is 0 Å². The lowest BCUT2D eigenvalue weighted by Gasteiger charge is -2.26. The number of nitrogens with one attached hydrogen (secondary N) is 2. The second-order valence-corrected chi connectivity index (χ2v) is 6.48. The van der Waals surface area contributed by atoms with Crippen LogP contribution in [0.1, 0.15) is 31.1 Å². The van der Waals surface area contributed by atoms with Crippen LogP contribution in [0.25, 0.3) is 0 Å². The highest BCUT2D eigenvalue weighted by Gasteiger charge is 2.38. The van der Waals surface area contributed by atoms with Gasteiger partial charge in [0.1, 0.15) is 0 Å². The van der Waals surface area contributed by atoms with Crippen LogP contribution in [0.3, 0.4) is 0 Å². The maximum Gasteiger partial charge on any atom is 0.240 e. The van der Waals surface area contributed by atoms with Gasteiger partial charge >= 0.3 is 0 Å². The third-order valence-corrected chi connectivity index (χ3v) is 4.86. The molecule has 0 bridgehead atoms. The zero-order valence-electron chi connectivity index (χ0n) is 11.0. The largest absolute Gasteiger partial charge is 0.354 e. The zero-order chi connectivity index (χ0) is 13.0. The number of hydrogen-bond donors (Lipinski definition) is 2. The summed E-state index contributed by atoms with van der Waals surface area (Å²) in [6.45, 7) is 3.69. The van der Waals surface area contributed by atoms with E-state index in [0.29, 0.717) is 6.54 Å². The van der Waals surface area contributed by atoms with E-state index in [1.807, 2.05) is 12.1 Å². The summed E-state index contributed by atoms with van der Waals surface area (Å²) in [6.07, 6.45) is 3.73. The number of rotatable bonds is 5. The van der Waals surface area contributed by atoms with E-state index in [1.165, 1.54) is 4.88 Å². The summed E-state index contributed by atoms with van der Waals surface area (Å²) in [5.41, 5.74) is -0.326. The predicted molar refractivity (Wildman–Crippen MR) is 83.5 cm³/mol. The van der Waals surface area contributed by atoms with E-state index in [1.54, 1.807) is 11.3 Å². The highest BCUT2D eigenvalue weighted by molar-refractivity contribution is 7.16. The summed E-state index contributed by atoms with van der Waals surface area (Å²) >= 11 is 7.45. The van der Waals surface area contributed by atoms with Gasteiger partial charge in [0.05, 0.1) is 9.88 Å². The van der Waals surface area contributed by atoms with E-state index < -0.39 is 0 Å². The minimum Gasteiger partial charge on any atom is -0.354 e. The third-order valence-electron chi connectivity index (χ3n) is 3.57. The monoisotopic (exact) mass is 322 g/mol. The molecule has 2 heterocycles. The summed E-state index contributed by atoms with van der Waals surface area (Å²) in [5, 5.41) is 6.38. The second-order valence-electron chi connectivity index (χ2n) is 4.68. The Morgan fingerprint density at radius 3 is 2.89 bits per heavy atom. The molecule has 19 heavy (non-hydrogen) atoms. The fourth-order valence-corrected chi connectivity index (χ4v) is 3.50. The number of amides is 1. The number of halogens is 2.